The number of fused-ring (bicyclic) bond motifs is 1. The van der Waals surface area contributed by atoms with Crippen molar-refractivity contribution >= 4 is 24.3 Å². The van der Waals surface area contributed by atoms with E-state index in [1.807, 2.05) is 29.8 Å². The van der Waals surface area contributed by atoms with E-state index in [0.717, 1.165) is 27.9 Å². The van der Waals surface area contributed by atoms with Gasteiger partial charge < -0.3 is 9.67 Å². The van der Waals surface area contributed by atoms with Gasteiger partial charge in [-0.1, -0.05) is 44.4 Å². The predicted octanol–water partition coefficient (Wildman–Crippen LogP) is 2.50. The molecular weight excluding hydrogens is 271 g/mol. The van der Waals surface area contributed by atoms with Crippen molar-refractivity contribution < 1.29 is 5.11 Å². The monoisotopic (exact) mass is 292 g/mol. The van der Waals surface area contributed by atoms with Crippen LogP contribution in [-0.2, 0) is 12.5 Å². The predicted molar refractivity (Wildman–Crippen MR) is 94.7 cm³/mol. The fraction of sp³-hybridized carbons (Fsp3) is 0.278. The van der Waals surface area contributed by atoms with E-state index >= 15 is 0 Å². The second kappa shape index (κ2) is 4.91. The molecule has 2 aromatic carbocycles. The number of rotatable bonds is 1. The summed E-state index contributed by atoms with van der Waals surface area (Å²) in [4.78, 5) is 4.77. The summed E-state index contributed by atoms with van der Waals surface area (Å²) in [6.07, 6.45) is 0. The molecule has 112 valence electrons. The number of phenols is 1. The van der Waals surface area contributed by atoms with Crippen molar-refractivity contribution in [2.75, 3.05) is 0 Å². The van der Waals surface area contributed by atoms with Crippen molar-refractivity contribution in [1.29, 1.82) is 0 Å². The number of phenolic OH excluding ortho intramolecular Hbond substituents is 1. The second-order valence-corrected chi connectivity index (χ2v) is 6.92. The van der Waals surface area contributed by atoms with Crippen LogP contribution in [0.15, 0.2) is 36.4 Å². The zero-order valence-corrected chi connectivity index (χ0v) is 13.8. The fourth-order valence-electron chi connectivity index (χ4n) is 2.78. The molecule has 0 spiro atoms. The third-order valence-corrected chi connectivity index (χ3v) is 4.22. The van der Waals surface area contributed by atoms with E-state index in [-0.39, 0.29) is 11.2 Å². The van der Waals surface area contributed by atoms with Gasteiger partial charge in [0.25, 0.3) is 0 Å². The van der Waals surface area contributed by atoms with E-state index in [0.29, 0.717) is 0 Å². The van der Waals surface area contributed by atoms with Crippen LogP contribution in [-0.4, -0.2) is 22.5 Å². The number of aromatic nitrogens is 2. The molecule has 1 heterocycles. The Balaban J connectivity index is 2.28. The molecule has 1 N–H and O–H groups in total. The smallest absolute Gasteiger partial charge is 0.144 e. The van der Waals surface area contributed by atoms with Crippen LogP contribution in [0.1, 0.15) is 26.3 Å². The van der Waals surface area contributed by atoms with Gasteiger partial charge in [-0.15, -0.1) is 0 Å². The minimum atomic E-state index is 0.0307. The lowest BCUT2D eigenvalue weighted by molar-refractivity contribution is 0.475. The first-order chi connectivity index (χ1) is 10.3. The molecule has 0 aliphatic rings. The molecule has 0 aliphatic carbocycles. The first-order valence-corrected chi connectivity index (χ1v) is 7.55. The van der Waals surface area contributed by atoms with Gasteiger partial charge in [-0.05, 0) is 29.2 Å². The third kappa shape index (κ3) is 2.29. The van der Waals surface area contributed by atoms with Crippen LogP contribution in [0.5, 0.6) is 5.75 Å². The first-order valence-electron chi connectivity index (χ1n) is 7.55. The van der Waals surface area contributed by atoms with Crippen molar-refractivity contribution in [2.45, 2.75) is 26.2 Å². The first kappa shape index (κ1) is 14.7. The Morgan fingerprint density at radius 3 is 2.50 bits per heavy atom. The average molecular weight is 292 g/mol. The minimum absolute atomic E-state index is 0.0307. The van der Waals surface area contributed by atoms with Gasteiger partial charge in [0.2, 0.25) is 0 Å². The Kier molecular flexibility index (Phi) is 3.28. The van der Waals surface area contributed by atoms with Gasteiger partial charge in [0.05, 0.1) is 16.6 Å². The highest BCUT2D eigenvalue weighted by atomic mass is 16.3. The lowest BCUT2D eigenvalue weighted by Crippen LogP contribution is -2.11. The molecule has 1 aromatic heterocycles. The number of imidazole rings is 1. The Bertz CT molecular complexity index is 859. The summed E-state index contributed by atoms with van der Waals surface area (Å²) in [5.41, 5.74) is 5.21. The highest BCUT2D eigenvalue weighted by Gasteiger charge is 2.19. The highest BCUT2D eigenvalue weighted by Crippen LogP contribution is 2.34. The molecule has 3 rings (SSSR count). The molecule has 4 heteroatoms. The van der Waals surface area contributed by atoms with Crippen LogP contribution in [0.3, 0.4) is 0 Å². The van der Waals surface area contributed by atoms with E-state index in [2.05, 4.69) is 40.8 Å². The zero-order chi connectivity index (χ0) is 16.1. The maximum Gasteiger partial charge on any atom is 0.144 e. The molecule has 0 aliphatic heterocycles. The molecule has 0 fully saturated rings. The lowest BCUT2D eigenvalue weighted by Gasteiger charge is -2.20. The Hall–Kier alpha value is -2.23. The Morgan fingerprint density at radius 2 is 1.86 bits per heavy atom. The largest absolute Gasteiger partial charge is 0.507 e. The summed E-state index contributed by atoms with van der Waals surface area (Å²) in [5.74, 6) is 1.07. The van der Waals surface area contributed by atoms with Crippen molar-refractivity contribution in [3.05, 3.63) is 42.0 Å². The van der Waals surface area contributed by atoms with Crippen molar-refractivity contribution in [2.24, 2.45) is 7.05 Å². The SMILES string of the molecule is Bc1cccc2c1nc(-c1cc(C(C)(C)C)ccc1O)n2C. The van der Waals surface area contributed by atoms with Gasteiger partial charge in [-0.2, -0.15) is 0 Å². The highest BCUT2D eigenvalue weighted by molar-refractivity contribution is 6.38. The molecule has 0 radical (unpaired) electrons. The van der Waals surface area contributed by atoms with E-state index in [9.17, 15) is 5.11 Å². The molecule has 3 aromatic rings. The van der Waals surface area contributed by atoms with E-state index in [4.69, 9.17) is 4.98 Å². The van der Waals surface area contributed by atoms with E-state index in [1.165, 1.54) is 5.56 Å². The van der Waals surface area contributed by atoms with Crippen molar-refractivity contribution in [1.82, 2.24) is 9.55 Å². The zero-order valence-electron chi connectivity index (χ0n) is 13.8. The number of hydrogen-bond acceptors (Lipinski definition) is 2. The normalized spacial score (nSPS) is 12.0. The van der Waals surface area contributed by atoms with Gasteiger partial charge in [-0.25, -0.2) is 4.98 Å². The van der Waals surface area contributed by atoms with Crippen molar-refractivity contribution in [3.8, 4) is 17.1 Å². The second-order valence-electron chi connectivity index (χ2n) is 6.92. The molecule has 0 amide bonds. The Labute approximate surface area is 132 Å². The molecule has 0 saturated carbocycles. The van der Waals surface area contributed by atoms with Gasteiger partial charge in [-0.3, -0.25) is 0 Å². The van der Waals surface area contributed by atoms with E-state index in [1.54, 1.807) is 6.07 Å². The molecule has 0 unspecified atom stereocenters. The quantitative estimate of drug-likeness (QED) is 0.700. The van der Waals surface area contributed by atoms with Gasteiger partial charge >= 0.3 is 0 Å². The third-order valence-electron chi connectivity index (χ3n) is 4.22. The number of para-hydroxylation sites is 1. The van der Waals surface area contributed by atoms with Crippen LogP contribution < -0.4 is 5.46 Å². The number of nitrogens with zero attached hydrogens (tertiary/aromatic N) is 2. The van der Waals surface area contributed by atoms with Crippen LogP contribution in [0, 0.1) is 0 Å². The van der Waals surface area contributed by atoms with Gasteiger partial charge in [0.1, 0.15) is 19.4 Å². The number of aryl methyl sites for hydroxylation is 1. The minimum Gasteiger partial charge on any atom is -0.507 e. The fourth-order valence-corrected chi connectivity index (χ4v) is 2.78. The summed E-state index contributed by atoms with van der Waals surface area (Å²) >= 11 is 0. The van der Waals surface area contributed by atoms with Crippen LogP contribution in [0.25, 0.3) is 22.4 Å². The van der Waals surface area contributed by atoms with Crippen LogP contribution in [0.4, 0.5) is 0 Å². The maximum atomic E-state index is 10.3. The molecule has 22 heavy (non-hydrogen) atoms. The van der Waals surface area contributed by atoms with Gasteiger partial charge in [0.15, 0.2) is 0 Å². The standard InChI is InChI=1S/C18H21BN2O/c1-18(2,3)11-8-9-15(22)12(10-11)17-20-16-13(19)6-5-7-14(16)21(17)4/h5-10,22H,19H2,1-4H3. The number of hydrogen-bond donors (Lipinski definition) is 1. The molecule has 3 nitrogen and oxygen atoms in total. The lowest BCUT2D eigenvalue weighted by atomic mass is 9.86. The Morgan fingerprint density at radius 1 is 1.14 bits per heavy atom. The summed E-state index contributed by atoms with van der Waals surface area (Å²) in [6, 6.07) is 11.9. The topological polar surface area (TPSA) is 38.1 Å². The van der Waals surface area contributed by atoms with Gasteiger partial charge in [0, 0.05) is 7.05 Å². The van der Waals surface area contributed by atoms with Crippen molar-refractivity contribution in [3.63, 3.8) is 0 Å². The van der Waals surface area contributed by atoms with Crippen LogP contribution >= 0.6 is 0 Å². The number of aromatic hydroxyl groups is 1. The average Bonchev–Trinajstić information content (AvgIpc) is 2.77. The van der Waals surface area contributed by atoms with Crippen LogP contribution in [0.2, 0.25) is 0 Å². The summed E-state index contributed by atoms with van der Waals surface area (Å²) in [7, 11) is 4.05. The molecule has 0 atom stereocenters. The maximum absolute atomic E-state index is 10.3. The number of benzene rings is 2. The summed E-state index contributed by atoms with van der Waals surface area (Å²) in [5, 5.41) is 10.3. The summed E-state index contributed by atoms with van der Waals surface area (Å²) in [6.45, 7) is 6.51. The molecule has 0 saturated heterocycles. The molecular formula is C18H21BN2O. The summed E-state index contributed by atoms with van der Waals surface area (Å²) < 4.78 is 2.05. The molecule has 0 bridgehead atoms. The van der Waals surface area contributed by atoms with E-state index < -0.39 is 0 Å².